The normalized spacial score (nSPS) is 10.4. The van der Waals surface area contributed by atoms with Crippen molar-refractivity contribution in [3.63, 3.8) is 0 Å². The van der Waals surface area contributed by atoms with Gasteiger partial charge in [-0.3, -0.25) is 0 Å². The molecule has 0 amide bonds. The molecule has 24 heavy (non-hydrogen) atoms. The van der Waals surface area contributed by atoms with Crippen molar-refractivity contribution < 1.29 is 14.3 Å². The fourth-order valence-corrected chi connectivity index (χ4v) is 2.50. The molecule has 2 aromatic carbocycles. The molecule has 0 aliphatic carbocycles. The average Bonchev–Trinajstić information content (AvgIpc) is 3.05. The van der Waals surface area contributed by atoms with Gasteiger partial charge in [-0.05, 0) is 35.9 Å². The summed E-state index contributed by atoms with van der Waals surface area (Å²) >= 11 is 0. The number of esters is 1. The van der Waals surface area contributed by atoms with Gasteiger partial charge in [0.25, 0.3) is 0 Å². The van der Waals surface area contributed by atoms with Crippen molar-refractivity contribution in [1.29, 1.82) is 0 Å². The molecule has 3 rings (SSSR count). The largest absolute Gasteiger partial charge is 0.497 e. The van der Waals surface area contributed by atoms with Gasteiger partial charge in [0, 0.05) is 12.1 Å². The summed E-state index contributed by atoms with van der Waals surface area (Å²) in [6.45, 7) is 0. The van der Waals surface area contributed by atoms with Gasteiger partial charge in [-0.2, -0.15) is 5.10 Å². The third kappa shape index (κ3) is 3.30. The second-order valence-electron chi connectivity index (χ2n) is 5.28. The van der Waals surface area contributed by atoms with Crippen LogP contribution in [0.1, 0.15) is 21.7 Å². The monoisotopic (exact) mass is 322 g/mol. The molecule has 0 atom stereocenters. The highest BCUT2D eigenvalue weighted by molar-refractivity contribution is 5.87. The van der Waals surface area contributed by atoms with Crippen molar-refractivity contribution >= 4 is 5.97 Å². The Balaban J connectivity index is 2.01. The first-order chi connectivity index (χ1) is 11.7. The van der Waals surface area contributed by atoms with Crippen LogP contribution in [-0.4, -0.2) is 30.0 Å². The number of nitrogens with zero attached hydrogens (tertiary/aromatic N) is 2. The molecular formula is C19H18N2O3. The zero-order valence-corrected chi connectivity index (χ0v) is 13.6. The minimum absolute atomic E-state index is 0.291. The molecule has 0 fully saturated rings. The van der Waals surface area contributed by atoms with Crippen molar-refractivity contribution in [3.05, 3.63) is 77.6 Å². The number of rotatable bonds is 5. The first-order valence-corrected chi connectivity index (χ1v) is 7.57. The van der Waals surface area contributed by atoms with Gasteiger partial charge in [0.1, 0.15) is 5.75 Å². The van der Waals surface area contributed by atoms with Crippen LogP contribution in [0.25, 0.3) is 5.69 Å². The van der Waals surface area contributed by atoms with Crippen molar-refractivity contribution in [3.8, 4) is 11.4 Å². The minimum atomic E-state index is -0.448. The zero-order valence-electron chi connectivity index (χ0n) is 13.6. The molecule has 0 saturated carbocycles. The lowest BCUT2D eigenvalue weighted by Gasteiger charge is -2.08. The highest BCUT2D eigenvalue weighted by atomic mass is 16.5. The Morgan fingerprint density at radius 3 is 2.38 bits per heavy atom. The van der Waals surface area contributed by atoms with E-state index in [-0.39, 0.29) is 0 Å². The van der Waals surface area contributed by atoms with Gasteiger partial charge in [0.2, 0.25) is 0 Å². The van der Waals surface area contributed by atoms with Gasteiger partial charge < -0.3 is 9.47 Å². The van der Waals surface area contributed by atoms with Gasteiger partial charge in [-0.1, -0.05) is 30.3 Å². The second kappa shape index (κ2) is 7.00. The van der Waals surface area contributed by atoms with Crippen LogP contribution in [0.5, 0.6) is 5.75 Å². The molecule has 0 bridgehead atoms. The van der Waals surface area contributed by atoms with E-state index in [2.05, 4.69) is 5.10 Å². The molecule has 1 heterocycles. The van der Waals surface area contributed by atoms with Crippen molar-refractivity contribution in [2.75, 3.05) is 14.2 Å². The highest BCUT2D eigenvalue weighted by Gasteiger charge is 2.16. The Morgan fingerprint density at radius 2 is 1.75 bits per heavy atom. The molecule has 0 unspecified atom stereocenters. The smallest absolute Gasteiger partial charge is 0.358 e. The fraction of sp³-hybridized carbons (Fsp3) is 0.158. The Morgan fingerprint density at radius 1 is 1.04 bits per heavy atom. The van der Waals surface area contributed by atoms with E-state index in [1.807, 2.05) is 54.6 Å². The minimum Gasteiger partial charge on any atom is -0.497 e. The molecule has 0 aliphatic rings. The SMILES string of the molecule is COC(=O)c1cc(Cc2ccccc2)n(-c2ccc(OC)cc2)n1. The molecule has 3 aromatic rings. The molecular weight excluding hydrogens is 304 g/mol. The summed E-state index contributed by atoms with van der Waals surface area (Å²) in [7, 11) is 2.98. The van der Waals surface area contributed by atoms with E-state index < -0.39 is 5.97 Å². The van der Waals surface area contributed by atoms with Crippen molar-refractivity contribution in [1.82, 2.24) is 9.78 Å². The van der Waals surface area contributed by atoms with Gasteiger partial charge in [0.05, 0.1) is 19.9 Å². The number of carbonyl (C=O) groups excluding carboxylic acids is 1. The van der Waals surface area contributed by atoms with Crippen LogP contribution in [0, 0.1) is 0 Å². The summed E-state index contributed by atoms with van der Waals surface area (Å²) in [6.07, 6.45) is 0.664. The number of hydrogen-bond donors (Lipinski definition) is 0. The van der Waals surface area contributed by atoms with Gasteiger partial charge >= 0.3 is 5.97 Å². The topological polar surface area (TPSA) is 53.4 Å². The first kappa shape index (κ1) is 15.8. The molecule has 0 N–H and O–H groups in total. The average molecular weight is 322 g/mol. The molecule has 0 saturated heterocycles. The summed E-state index contributed by atoms with van der Waals surface area (Å²) < 4.78 is 11.7. The highest BCUT2D eigenvalue weighted by Crippen LogP contribution is 2.19. The Bertz CT molecular complexity index is 824. The van der Waals surface area contributed by atoms with E-state index in [1.165, 1.54) is 7.11 Å². The standard InChI is InChI=1S/C19H18N2O3/c1-23-17-10-8-15(9-11-17)21-16(12-14-6-4-3-5-7-14)13-18(20-21)19(22)24-2/h3-11,13H,12H2,1-2H3. The molecule has 0 aliphatic heterocycles. The number of ether oxygens (including phenoxy) is 2. The van der Waals surface area contributed by atoms with Crippen LogP contribution < -0.4 is 4.74 Å². The lowest BCUT2D eigenvalue weighted by molar-refractivity contribution is 0.0593. The molecule has 1 aromatic heterocycles. The summed E-state index contributed by atoms with van der Waals surface area (Å²) in [5.74, 6) is 0.320. The molecule has 5 heteroatoms. The third-order valence-electron chi connectivity index (χ3n) is 3.72. The molecule has 0 spiro atoms. The summed E-state index contributed by atoms with van der Waals surface area (Å²) in [4.78, 5) is 11.8. The maximum atomic E-state index is 11.8. The number of benzene rings is 2. The number of aromatic nitrogens is 2. The Hall–Kier alpha value is -3.08. The first-order valence-electron chi connectivity index (χ1n) is 7.57. The van der Waals surface area contributed by atoms with E-state index >= 15 is 0 Å². The summed E-state index contributed by atoms with van der Waals surface area (Å²) in [5, 5.41) is 4.40. The maximum absolute atomic E-state index is 11.8. The van der Waals surface area contributed by atoms with E-state index in [1.54, 1.807) is 17.9 Å². The van der Waals surface area contributed by atoms with Crippen LogP contribution in [-0.2, 0) is 11.2 Å². The zero-order chi connectivity index (χ0) is 16.9. The van der Waals surface area contributed by atoms with Crippen LogP contribution in [0.2, 0.25) is 0 Å². The van der Waals surface area contributed by atoms with Crippen LogP contribution in [0.3, 0.4) is 0 Å². The van der Waals surface area contributed by atoms with Crippen LogP contribution in [0.15, 0.2) is 60.7 Å². The Kier molecular flexibility index (Phi) is 4.61. The number of methoxy groups -OCH3 is 2. The predicted octanol–water partition coefficient (Wildman–Crippen LogP) is 3.26. The van der Waals surface area contributed by atoms with Crippen molar-refractivity contribution in [2.45, 2.75) is 6.42 Å². The van der Waals surface area contributed by atoms with E-state index in [0.717, 1.165) is 22.7 Å². The van der Waals surface area contributed by atoms with E-state index in [0.29, 0.717) is 12.1 Å². The van der Waals surface area contributed by atoms with Gasteiger partial charge in [-0.25, -0.2) is 9.48 Å². The number of hydrogen-bond acceptors (Lipinski definition) is 4. The molecule has 0 radical (unpaired) electrons. The van der Waals surface area contributed by atoms with E-state index in [9.17, 15) is 4.79 Å². The van der Waals surface area contributed by atoms with Crippen LogP contribution >= 0.6 is 0 Å². The third-order valence-corrected chi connectivity index (χ3v) is 3.72. The predicted molar refractivity (Wildman–Crippen MR) is 90.7 cm³/mol. The van der Waals surface area contributed by atoms with Crippen molar-refractivity contribution in [2.24, 2.45) is 0 Å². The van der Waals surface area contributed by atoms with Gasteiger partial charge in [-0.15, -0.1) is 0 Å². The molecule has 5 nitrogen and oxygen atoms in total. The summed E-state index contributed by atoms with van der Waals surface area (Å²) in [6, 6.07) is 19.3. The number of carbonyl (C=O) groups is 1. The van der Waals surface area contributed by atoms with E-state index in [4.69, 9.17) is 9.47 Å². The quantitative estimate of drug-likeness (QED) is 0.677. The summed E-state index contributed by atoms with van der Waals surface area (Å²) in [5.41, 5.74) is 3.20. The van der Waals surface area contributed by atoms with Gasteiger partial charge in [0.15, 0.2) is 5.69 Å². The lowest BCUT2D eigenvalue weighted by atomic mass is 10.1. The Labute approximate surface area is 140 Å². The second-order valence-corrected chi connectivity index (χ2v) is 5.28. The van der Waals surface area contributed by atoms with Crippen LogP contribution in [0.4, 0.5) is 0 Å². The lowest BCUT2D eigenvalue weighted by Crippen LogP contribution is -2.05. The fourth-order valence-electron chi connectivity index (χ4n) is 2.50. The molecule has 122 valence electrons. The maximum Gasteiger partial charge on any atom is 0.358 e.